The predicted molar refractivity (Wildman–Crippen MR) is 58.6 cm³/mol. The molecule has 0 heterocycles. The summed E-state index contributed by atoms with van der Waals surface area (Å²) in [5, 5.41) is 8.23. The van der Waals surface area contributed by atoms with Crippen LogP contribution in [0.3, 0.4) is 0 Å². The maximum atomic E-state index is 12.6. The Hall–Kier alpha value is -1.50. The number of aromatic carboxylic acids is 1. The molecule has 2 rings (SSSR count). The molecule has 0 spiro atoms. The van der Waals surface area contributed by atoms with Gasteiger partial charge in [-0.15, -0.1) is 0 Å². The third-order valence-electron chi connectivity index (χ3n) is 2.72. The molecule has 1 aliphatic carbocycles. The van der Waals surface area contributed by atoms with Crippen molar-refractivity contribution < 1.29 is 27.1 Å². The zero-order valence-electron chi connectivity index (χ0n) is 9.14. The van der Waals surface area contributed by atoms with Crippen molar-refractivity contribution in [1.29, 1.82) is 0 Å². The van der Waals surface area contributed by atoms with Crippen molar-refractivity contribution in [2.45, 2.75) is 29.4 Å². The molecule has 1 aromatic carbocycles. The number of carboxylic acid groups (broad SMARTS) is 1. The topological polar surface area (TPSA) is 71.4 Å². The molecule has 0 aliphatic heterocycles. The van der Waals surface area contributed by atoms with E-state index in [0.29, 0.717) is 12.8 Å². The minimum Gasteiger partial charge on any atom is -0.478 e. The van der Waals surface area contributed by atoms with Gasteiger partial charge in [-0.25, -0.2) is 22.0 Å². The zero-order chi connectivity index (χ0) is 13.5. The third kappa shape index (κ3) is 2.35. The van der Waals surface area contributed by atoms with Gasteiger partial charge < -0.3 is 5.11 Å². The van der Waals surface area contributed by atoms with E-state index in [2.05, 4.69) is 0 Å². The van der Waals surface area contributed by atoms with Crippen LogP contribution in [0.4, 0.5) is 8.78 Å². The molecular weight excluding hydrogens is 266 g/mol. The summed E-state index contributed by atoms with van der Waals surface area (Å²) in [4.78, 5) is 10.5. The lowest BCUT2D eigenvalue weighted by atomic mass is 10.1. The van der Waals surface area contributed by atoms with Crippen LogP contribution in [0.25, 0.3) is 0 Å². The van der Waals surface area contributed by atoms with Crippen LogP contribution in [0.2, 0.25) is 0 Å². The standard InChI is InChI=1S/C11H10F2O4S/c12-10(13)6-3-7(11(14)15)5-9(4-6)18(16,17)8-1-2-8/h3-5,8,10H,1-2H2,(H,14,15). The second-order valence-corrected chi connectivity index (χ2v) is 6.37. The Balaban J connectivity index is 2.56. The fourth-order valence-corrected chi connectivity index (χ4v) is 3.34. The molecule has 1 fully saturated rings. The maximum Gasteiger partial charge on any atom is 0.335 e. The zero-order valence-corrected chi connectivity index (χ0v) is 9.95. The van der Waals surface area contributed by atoms with E-state index in [-0.39, 0.29) is 4.90 Å². The normalized spacial score (nSPS) is 15.9. The summed E-state index contributed by atoms with van der Waals surface area (Å²) in [5.41, 5.74) is -1.03. The van der Waals surface area contributed by atoms with Crippen LogP contribution in [-0.2, 0) is 9.84 Å². The van der Waals surface area contributed by atoms with Gasteiger partial charge in [0.05, 0.1) is 15.7 Å². The maximum absolute atomic E-state index is 12.6. The Bertz CT molecular complexity index is 591. The monoisotopic (exact) mass is 276 g/mol. The number of halogens is 2. The van der Waals surface area contributed by atoms with Gasteiger partial charge in [0, 0.05) is 5.56 Å². The van der Waals surface area contributed by atoms with E-state index < -0.39 is 38.6 Å². The van der Waals surface area contributed by atoms with Crippen molar-refractivity contribution in [3.8, 4) is 0 Å². The highest BCUT2D eigenvalue weighted by Gasteiger charge is 2.37. The van der Waals surface area contributed by atoms with E-state index >= 15 is 0 Å². The van der Waals surface area contributed by atoms with Gasteiger partial charge in [-0.1, -0.05) is 0 Å². The van der Waals surface area contributed by atoms with Crippen LogP contribution < -0.4 is 0 Å². The van der Waals surface area contributed by atoms with Gasteiger partial charge in [-0.05, 0) is 31.0 Å². The highest BCUT2D eigenvalue weighted by atomic mass is 32.2. The van der Waals surface area contributed by atoms with E-state index in [4.69, 9.17) is 5.11 Å². The number of carboxylic acids is 1. The molecule has 98 valence electrons. The Morgan fingerprint density at radius 2 is 1.89 bits per heavy atom. The molecule has 0 bridgehead atoms. The third-order valence-corrected chi connectivity index (χ3v) is 4.96. The minimum atomic E-state index is -3.67. The van der Waals surface area contributed by atoms with Gasteiger partial charge in [0.1, 0.15) is 0 Å². The van der Waals surface area contributed by atoms with Gasteiger partial charge in [-0.3, -0.25) is 0 Å². The molecule has 1 saturated carbocycles. The second-order valence-electron chi connectivity index (χ2n) is 4.14. The van der Waals surface area contributed by atoms with Crippen LogP contribution in [0.15, 0.2) is 23.1 Å². The first-order valence-corrected chi connectivity index (χ1v) is 6.77. The van der Waals surface area contributed by atoms with Crippen molar-refractivity contribution in [3.63, 3.8) is 0 Å². The molecule has 0 atom stereocenters. The number of rotatable bonds is 4. The van der Waals surface area contributed by atoms with E-state index in [1.165, 1.54) is 0 Å². The quantitative estimate of drug-likeness (QED) is 0.915. The lowest BCUT2D eigenvalue weighted by molar-refractivity contribution is 0.0696. The van der Waals surface area contributed by atoms with Gasteiger partial charge >= 0.3 is 5.97 Å². The molecule has 0 amide bonds. The van der Waals surface area contributed by atoms with Gasteiger partial charge in [-0.2, -0.15) is 0 Å². The highest BCUT2D eigenvalue weighted by molar-refractivity contribution is 7.92. The molecule has 1 aromatic rings. The average molecular weight is 276 g/mol. The van der Waals surface area contributed by atoms with E-state index in [9.17, 15) is 22.0 Å². The van der Waals surface area contributed by atoms with Crippen molar-refractivity contribution in [2.75, 3.05) is 0 Å². The van der Waals surface area contributed by atoms with Crippen molar-refractivity contribution in [3.05, 3.63) is 29.3 Å². The molecule has 0 radical (unpaired) electrons. The van der Waals surface area contributed by atoms with Crippen molar-refractivity contribution in [1.82, 2.24) is 0 Å². The lowest BCUT2D eigenvalue weighted by Gasteiger charge is -2.07. The number of benzene rings is 1. The number of carbonyl (C=O) groups is 1. The molecule has 4 nitrogen and oxygen atoms in total. The van der Waals surface area contributed by atoms with E-state index in [1.807, 2.05) is 0 Å². The summed E-state index contributed by atoms with van der Waals surface area (Å²) in [6, 6.07) is 2.57. The predicted octanol–water partition coefficient (Wildman–Crippen LogP) is 2.26. The van der Waals surface area contributed by atoms with Gasteiger partial charge in [0.2, 0.25) is 0 Å². The van der Waals surface area contributed by atoms with Crippen LogP contribution in [0, 0.1) is 0 Å². The van der Waals surface area contributed by atoms with Gasteiger partial charge in [0.15, 0.2) is 9.84 Å². The Kier molecular flexibility index (Phi) is 3.10. The Morgan fingerprint density at radius 1 is 1.28 bits per heavy atom. The van der Waals surface area contributed by atoms with Crippen LogP contribution in [0.1, 0.15) is 35.2 Å². The SMILES string of the molecule is O=C(O)c1cc(C(F)F)cc(S(=O)(=O)C2CC2)c1. The molecule has 0 aromatic heterocycles. The first kappa shape index (κ1) is 12.9. The number of hydrogen-bond donors (Lipinski definition) is 1. The van der Waals surface area contributed by atoms with E-state index in [0.717, 1.165) is 18.2 Å². The Labute approximate surface area is 102 Å². The number of hydrogen-bond acceptors (Lipinski definition) is 3. The molecule has 7 heteroatoms. The smallest absolute Gasteiger partial charge is 0.335 e. The Morgan fingerprint density at radius 3 is 2.33 bits per heavy atom. The highest BCUT2D eigenvalue weighted by Crippen LogP contribution is 2.35. The summed E-state index contributed by atoms with van der Waals surface area (Å²) in [5.74, 6) is -1.43. The van der Waals surface area contributed by atoms with Crippen molar-refractivity contribution >= 4 is 15.8 Å². The molecule has 1 N–H and O–H groups in total. The molecule has 0 unspecified atom stereocenters. The first-order valence-electron chi connectivity index (χ1n) is 5.22. The van der Waals surface area contributed by atoms with Crippen molar-refractivity contribution in [2.24, 2.45) is 0 Å². The summed E-state index contributed by atoms with van der Waals surface area (Å²) >= 11 is 0. The molecular formula is C11H10F2O4S. The van der Waals surface area contributed by atoms with Gasteiger partial charge in [0.25, 0.3) is 6.43 Å². The summed E-state index contributed by atoms with van der Waals surface area (Å²) in [7, 11) is -3.67. The summed E-state index contributed by atoms with van der Waals surface area (Å²) in [6.07, 6.45) is -1.93. The molecule has 1 aliphatic rings. The fraction of sp³-hybridized carbons (Fsp3) is 0.364. The number of alkyl halides is 2. The minimum absolute atomic E-state index is 0.333. The molecule has 18 heavy (non-hydrogen) atoms. The summed E-state index contributed by atoms with van der Waals surface area (Å²) in [6.45, 7) is 0. The van der Waals surface area contributed by atoms with Crippen LogP contribution >= 0.6 is 0 Å². The fourth-order valence-electron chi connectivity index (χ4n) is 1.61. The number of sulfone groups is 1. The molecule has 0 saturated heterocycles. The second kappa shape index (κ2) is 4.31. The van der Waals surface area contributed by atoms with Crippen LogP contribution in [0.5, 0.6) is 0 Å². The lowest BCUT2D eigenvalue weighted by Crippen LogP contribution is -2.10. The van der Waals surface area contributed by atoms with Crippen LogP contribution in [-0.4, -0.2) is 24.7 Å². The van der Waals surface area contributed by atoms with E-state index in [1.54, 1.807) is 0 Å². The average Bonchev–Trinajstić information content (AvgIpc) is 3.12. The first-order chi connectivity index (χ1) is 8.32. The summed E-state index contributed by atoms with van der Waals surface area (Å²) < 4.78 is 49.0. The largest absolute Gasteiger partial charge is 0.478 e.